The van der Waals surface area contributed by atoms with Gasteiger partial charge in [-0.15, -0.1) is 11.3 Å². The number of fused-ring (bicyclic) bond motifs is 6. The van der Waals surface area contributed by atoms with Crippen LogP contribution in [0.1, 0.15) is 23.5 Å². The molecule has 1 fully saturated rings. The summed E-state index contributed by atoms with van der Waals surface area (Å²) in [5.74, 6) is 0. The first kappa shape index (κ1) is 27.6. The molecule has 1 N–H and O–H groups in total. The van der Waals surface area contributed by atoms with Crippen molar-refractivity contribution < 1.29 is 4.90 Å². The minimum absolute atomic E-state index is 0.0281. The molecule has 1 aliphatic rings. The first-order valence-electron chi connectivity index (χ1n) is 16.5. The Morgan fingerprint density at radius 2 is 1.08 bits per heavy atom. The smallest absolute Gasteiger partial charge is 0.129 e. The lowest BCUT2D eigenvalue weighted by Gasteiger charge is -2.58. The van der Waals surface area contributed by atoms with Crippen LogP contribution in [0, 0.1) is 0 Å². The highest BCUT2D eigenvalue weighted by atomic mass is 32.1. The van der Waals surface area contributed by atoms with Crippen LogP contribution in [0.4, 0.5) is 5.69 Å². The summed E-state index contributed by atoms with van der Waals surface area (Å²) < 4.78 is 5.09. The average Bonchev–Trinajstić information content (AvgIpc) is 3.66. The Balaban J connectivity index is 1.06. The SMILES string of the molecule is c1ccc(-c2ccc(C3[N-]C(c4ccccc4)[NH+]3c3ccc(-n4c5ccccc5c5cc6c(cc54)sc4ccccc46)cc3)cc2)cc1. The normalized spacial score (nSPS) is 17.7. The zero-order chi connectivity index (χ0) is 31.6. The Kier molecular flexibility index (Phi) is 6.34. The van der Waals surface area contributed by atoms with Crippen molar-refractivity contribution in [2.45, 2.75) is 12.3 Å². The van der Waals surface area contributed by atoms with Gasteiger partial charge in [-0.3, -0.25) is 0 Å². The summed E-state index contributed by atoms with van der Waals surface area (Å²) in [5, 5.41) is 10.5. The molecule has 3 unspecified atom stereocenters. The number of quaternary nitrogens is 1. The van der Waals surface area contributed by atoms with E-state index in [4.69, 9.17) is 5.32 Å². The topological polar surface area (TPSA) is 23.5 Å². The quantitative estimate of drug-likeness (QED) is 0.195. The van der Waals surface area contributed by atoms with Gasteiger partial charge >= 0.3 is 0 Å². The number of para-hydroxylation sites is 1. The fourth-order valence-corrected chi connectivity index (χ4v) is 8.74. The number of nitrogens with zero attached hydrogens (tertiary/aromatic N) is 2. The molecule has 2 aromatic heterocycles. The van der Waals surface area contributed by atoms with Gasteiger partial charge in [0.2, 0.25) is 0 Å². The van der Waals surface area contributed by atoms with Gasteiger partial charge in [0.25, 0.3) is 0 Å². The summed E-state index contributed by atoms with van der Waals surface area (Å²) in [6.45, 7) is 0. The number of hydrogen-bond acceptors (Lipinski definition) is 1. The number of thiophene rings is 1. The summed E-state index contributed by atoms with van der Waals surface area (Å²) in [4.78, 5) is 1.36. The molecule has 0 bridgehead atoms. The molecule has 3 heterocycles. The molecule has 10 rings (SSSR count). The molecule has 0 spiro atoms. The summed E-state index contributed by atoms with van der Waals surface area (Å²) in [7, 11) is 0. The van der Waals surface area contributed by atoms with Crippen LogP contribution >= 0.6 is 11.3 Å². The predicted molar refractivity (Wildman–Crippen MR) is 201 cm³/mol. The molecule has 3 nitrogen and oxygen atoms in total. The lowest BCUT2D eigenvalue weighted by atomic mass is 9.97. The monoisotopic (exact) mass is 633 g/mol. The van der Waals surface area contributed by atoms with E-state index in [2.05, 4.69) is 174 Å². The van der Waals surface area contributed by atoms with Crippen LogP contribution in [0.25, 0.3) is 64.1 Å². The molecule has 48 heavy (non-hydrogen) atoms. The Labute approximate surface area is 282 Å². The molecule has 3 atom stereocenters. The maximum Gasteiger partial charge on any atom is 0.129 e. The largest absolute Gasteiger partial charge is 0.548 e. The molecule has 1 saturated heterocycles. The van der Waals surface area contributed by atoms with Gasteiger partial charge in [0.15, 0.2) is 0 Å². The highest BCUT2D eigenvalue weighted by Crippen LogP contribution is 2.41. The molecular weight excluding hydrogens is 603 g/mol. The average molecular weight is 634 g/mol. The van der Waals surface area contributed by atoms with Crippen molar-refractivity contribution in [1.29, 1.82) is 0 Å². The fourth-order valence-electron chi connectivity index (χ4n) is 7.62. The minimum Gasteiger partial charge on any atom is -0.548 e. The summed E-state index contributed by atoms with van der Waals surface area (Å²) in [6.07, 6.45) is 0.0747. The molecule has 7 aromatic carbocycles. The third kappa shape index (κ3) is 4.35. The Morgan fingerprint density at radius 3 is 1.85 bits per heavy atom. The minimum atomic E-state index is 0.0281. The second-order valence-electron chi connectivity index (χ2n) is 12.7. The van der Waals surface area contributed by atoms with E-state index in [-0.39, 0.29) is 12.3 Å². The Bertz CT molecular complexity index is 2580. The van der Waals surface area contributed by atoms with Crippen molar-refractivity contribution in [2.75, 3.05) is 0 Å². The number of hydrogen-bond donors (Lipinski definition) is 1. The lowest BCUT2D eigenvalue weighted by molar-refractivity contribution is -0.927. The van der Waals surface area contributed by atoms with Gasteiger partial charge in [-0.05, 0) is 58.7 Å². The van der Waals surface area contributed by atoms with Gasteiger partial charge < -0.3 is 14.8 Å². The van der Waals surface area contributed by atoms with Crippen LogP contribution in [0.5, 0.6) is 0 Å². The summed E-state index contributed by atoms with van der Waals surface area (Å²) in [5.41, 5.74) is 9.81. The summed E-state index contributed by atoms with van der Waals surface area (Å²) in [6, 6.07) is 61.8. The fraction of sp³-hybridized carbons (Fsp3) is 0.0455. The number of aromatic nitrogens is 1. The zero-order valence-electron chi connectivity index (χ0n) is 26.1. The van der Waals surface area contributed by atoms with Crippen LogP contribution in [0.3, 0.4) is 0 Å². The molecule has 228 valence electrons. The van der Waals surface area contributed by atoms with Crippen molar-refractivity contribution in [3.63, 3.8) is 0 Å². The number of rotatable bonds is 5. The standard InChI is InChI=1S/C44H30N3S/c1-3-11-29(12-4-1)30-19-21-32(22-20-30)44-45-43(31-13-5-2-6-14-31)47(44)34-25-23-33(24-26-34)46-39-17-9-7-15-35(39)37-27-38-36-16-8-10-18-41(36)48-42(38)28-40(37)46/h1-28,43-44H/q-1/p+1. The van der Waals surface area contributed by atoms with Crippen LogP contribution in [-0.4, -0.2) is 4.57 Å². The van der Waals surface area contributed by atoms with E-state index >= 15 is 0 Å². The Hall–Kier alpha value is -5.52. The van der Waals surface area contributed by atoms with E-state index in [1.807, 2.05) is 11.3 Å². The van der Waals surface area contributed by atoms with E-state index in [0.29, 0.717) is 0 Å². The first-order valence-corrected chi connectivity index (χ1v) is 17.3. The lowest BCUT2D eigenvalue weighted by Crippen LogP contribution is -3.13. The molecular formula is C44H31N3S. The molecule has 1 aliphatic heterocycles. The van der Waals surface area contributed by atoms with Crippen molar-refractivity contribution in [2.24, 2.45) is 0 Å². The molecule has 0 radical (unpaired) electrons. The van der Waals surface area contributed by atoms with Crippen LogP contribution < -0.4 is 4.90 Å². The van der Waals surface area contributed by atoms with Crippen molar-refractivity contribution in [3.8, 4) is 16.8 Å². The maximum atomic E-state index is 5.28. The van der Waals surface area contributed by atoms with Gasteiger partial charge in [-0.25, -0.2) is 0 Å². The third-order valence-corrected chi connectivity index (χ3v) is 11.1. The van der Waals surface area contributed by atoms with Gasteiger partial charge in [-0.2, -0.15) is 0 Å². The number of benzene rings is 7. The van der Waals surface area contributed by atoms with E-state index in [0.717, 1.165) is 0 Å². The van der Waals surface area contributed by atoms with E-state index < -0.39 is 0 Å². The predicted octanol–water partition coefficient (Wildman–Crippen LogP) is 11.1. The van der Waals surface area contributed by atoms with E-state index in [1.54, 1.807) is 0 Å². The molecule has 0 amide bonds. The molecule has 0 aliphatic carbocycles. The molecule has 4 heteroatoms. The van der Waals surface area contributed by atoms with E-state index in [1.165, 1.54) is 80.5 Å². The van der Waals surface area contributed by atoms with E-state index in [9.17, 15) is 0 Å². The Morgan fingerprint density at radius 1 is 0.458 bits per heavy atom. The maximum absolute atomic E-state index is 5.28. The van der Waals surface area contributed by atoms with Gasteiger partial charge in [0, 0.05) is 61.1 Å². The zero-order valence-corrected chi connectivity index (χ0v) is 26.9. The van der Waals surface area contributed by atoms with Gasteiger partial charge in [0.1, 0.15) is 5.69 Å². The highest BCUT2D eigenvalue weighted by Gasteiger charge is 2.35. The second kappa shape index (κ2) is 11.0. The van der Waals surface area contributed by atoms with Crippen molar-refractivity contribution in [3.05, 3.63) is 186 Å². The second-order valence-corrected chi connectivity index (χ2v) is 13.8. The van der Waals surface area contributed by atoms with Gasteiger partial charge in [-0.1, -0.05) is 121 Å². The summed E-state index contributed by atoms with van der Waals surface area (Å²) >= 11 is 1.88. The van der Waals surface area contributed by atoms with Crippen molar-refractivity contribution >= 4 is 59.0 Å². The molecule has 0 saturated carbocycles. The van der Waals surface area contributed by atoms with Crippen molar-refractivity contribution in [1.82, 2.24) is 4.57 Å². The van der Waals surface area contributed by atoms with Crippen LogP contribution in [-0.2, 0) is 0 Å². The molecule has 9 aromatic rings. The highest BCUT2D eigenvalue weighted by molar-refractivity contribution is 7.25. The van der Waals surface area contributed by atoms with Crippen LogP contribution in [0.2, 0.25) is 0 Å². The first-order chi connectivity index (χ1) is 23.8. The van der Waals surface area contributed by atoms with Gasteiger partial charge in [0.05, 0.1) is 11.0 Å². The number of nitrogens with one attached hydrogen (secondary N) is 1. The van der Waals surface area contributed by atoms with Crippen LogP contribution in [0.15, 0.2) is 170 Å². The third-order valence-electron chi connectivity index (χ3n) is 9.97.